The Labute approximate surface area is 339 Å². The van der Waals surface area contributed by atoms with Gasteiger partial charge in [0, 0.05) is 52.1 Å². The van der Waals surface area contributed by atoms with Crippen molar-refractivity contribution in [1.82, 2.24) is 14.5 Å². The number of aromatic nitrogens is 3. The number of rotatable bonds is 5. The fourth-order valence-electron chi connectivity index (χ4n) is 6.96. The van der Waals surface area contributed by atoms with E-state index in [1.54, 1.807) is 12.1 Å². The number of aryl methyl sites for hydroxylation is 5. The summed E-state index contributed by atoms with van der Waals surface area (Å²) in [6.45, 7) is 2.17. The smallest absolute Gasteiger partial charge is 0.0774 e. The molecule has 0 unspecified atom stereocenters. The molecule has 0 aliphatic rings. The number of para-hydroxylation sites is 2. The van der Waals surface area contributed by atoms with Crippen molar-refractivity contribution in [3.8, 4) is 50.6 Å². The predicted octanol–water partition coefficient (Wildman–Crippen LogP) is 12.7. The van der Waals surface area contributed by atoms with Crippen LogP contribution in [-0.4, -0.2) is 14.5 Å². The summed E-state index contributed by atoms with van der Waals surface area (Å²) in [6, 6.07) is 48.7. The second kappa shape index (κ2) is 15.6. The first-order valence-corrected chi connectivity index (χ1v) is 17.4. The topological polar surface area (TPSA) is 43.9 Å². The SMILES string of the molecule is Cc1cc(C)c(-c2ccc3o[c-]c(-c4nc5ccccc5n4-c4ccc(-c5ccccc5)cc4)c3c2)c(C)c1.[2H]C([2H])([2H])c1c[c-]c(-c2ccc(C([2H])([2H])[2H])cn2)cc1.[Ir]. The van der Waals surface area contributed by atoms with Crippen LogP contribution < -0.4 is 0 Å². The molecule has 0 N–H and O–H groups in total. The van der Waals surface area contributed by atoms with Crippen molar-refractivity contribution in [3.63, 3.8) is 0 Å². The molecule has 0 spiro atoms. The second-order valence-corrected chi connectivity index (χ2v) is 13.2. The molecule has 4 nitrogen and oxygen atoms in total. The number of hydrogen-bond donors (Lipinski definition) is 0. The van der Waals surface area contributed by atoms with Crippen LogP contribution in [0.2, 0.25) is 0 Å². The van der Waals surface area contributed by atoms with E-state index in [1.807, 2.05) is 18.2 Å². The van der Waals surface area contributed by atoms with Crippen LogP contribution in [0.5, 0.6) is 0 Å². The molecule has 0 aliphatic heterocycles. The van der Waals surface area contributed by atoms with Crippen molar-refractivity contribution >= 4 is 22.0 Å². The molecule has 9 rings (SSSR count). The summed E-state index contributed by atoms with van der Waals surface area (Å²) in [5.41, 5.74) is 14.9. The minimum atomic E-state index is -2.18. The van der Waals surface area contributed by atoms with Crippen LogP contribution in [0.4, 0.5) is 0 Å². The quantitative estimate of drug-likeness (QED) is 0.162. The van der Waals surface area contributed by atoms with E-state index in [1.165, 1.54) is 63.3 Å². The second-order valence-electron chi connectivity index (χ2n) is 13.2. The molecule has 0 atom stereocenters. The fourth-order valence-corrected chi connectivity index (χ4v) is 6.96. The van der Waals surface area contributed by atoms with Crippen molar-refractivity contribution in [3.05, 3.63) is 186 Å². The number of benzene rings is 6. The molecule has 54 heavy (non-hydrogen) atoms. The predicted molar refractivity (Wildman–Crippen MR) is 218 cm³/mol. The Morgan fingerprint density at radius 2 is 1.37 bits per heavy atom. The molecular formula is C49H39IrN3O-2. The van der Waals surface area contributed by atoms with Gasteiger partial charge in [-0.2, -0.15) is 0 Å². The Balaban J connectivity index is 0.000000220. The van der Waals surface area contributed by atoms with Gasteiger partial charge in [0.25, 0.3) is 0 Å². The molecule has 0 fully saturated rings. The number of pyridine rings is 1. The third-order valence-corrected chi connectivity index (χ3v) is 9.35. The summed E-state index contributed by atoms with van der Waals surface area (Å²) in [7, 11) is 0. The van der Waals surface area contributed by atoms with Gasteiger partial charge in [-0.25, -0.2) is 0 Å². The maximum atomic E-state index is 7.28. The third-order valence-electron chi connectivity index (χ3n) is 9.35. The molecule has 0 bridgehead atoms. The van der Waals surface area contributed by atoms with E-state index in [0.717, 1.165) is 39.1 Å². The van der Waals surface area contributed by atoms with Crippen LogP contribution in [0, 0.1) is 46.8 Å². The number of furan rings is 1. The minimum Gasteiger partial charge on any atom is -0.557 e. The first kappa shape index (κ1) is 29.6. The molecule has 0 aliphatic carbocycles. The summed E-state index contributed by atoms with van der Waals surface area (Å²) < 4.78 is 51.8. The Morgan fingerprint density at radius 3 is 2.07 bits per heavy atom. The van der Waals surface area contributed by atoms with Crippen molar-refractivity contribution in [2.24, 2.45) is 0 Å². The van der Waals surface area contributed by atoms with Crippen LogP contribution in [0.15, 0.2) is 150 Å². The zero-order chi connectivity index (χ0) is 41.5. The van der Waals surface area contributed by atoms with E-state index >= 15 is 0 Å². The van der Waals surface area contributed by atoms with Crippen molar-refractivity contribution < 1.29 is 32.7 Å². The molecule has 0 saturated heterocycles. The molecule has 3 heterocycles. The molecule has 3 aromatic heterocycles. The van der Waals surface area contributed by atoms with Gasteiger partial charge in [-0.3, -0.25) is 4.98 Å². The Bertz CT molecular complexity index is 2840. The number of hydrogen-bond acceptors (Lipinski definition) is 3. The summed E-state index contributed by atoms with van der Waals surface area (Å²) in [4.78, 5) is 9.16. The Hall–Kier alpha value is -5.87. The number of nitrogens with zero attached hydrogens (tertiary/aromatic N) is 3. The van der Waals surface area contributed by atoms with Gasteiger partial charge in [0.2, 0.25) is 0 Å². The molecule has 0 amide bonds. The summed E-state index contributed by atoms with van der Waals surface area (Å²) in [5, 5.41) is 1.00. The third kappa shape index (κ3) is 7.34. The van der Waals surface area contributed by atoms with Gasteiger partial charge in [0.15, 0.2) is 0 Å². The first-order chi connectivity index (χ1) is 28.2. The Kier molecular flexibility index (Phi) is 8.55. The van der Waals surface area contributed by atoms with Gasteiger partial charge in [0.05, 0.1) is 16.9 Å². The van der Waals surface area contributed by atoms with E-state index < -0.39 is 13.7 Å². The average molecular weight is 884 g/mol. The number of fused-ring (bicyclic) bond motifs is 2. The van der Waals surface area contributed by atoms with Crippen LogP contribution in [0.3, 0.4) is 0 Å². The van der Waals surface area contributed by atoms with E-state index in [0.29, 0.717) is 11.3 Å². The summed E-state index contributed by atoms with van der Waals surface area (Å²) >= 11 is 0. The monoisotopic (exact) mass is 884 g/mol. The van der Waals surface area contributed by atoms with Gasteiger partial charge >= 0.3 is 0 Å². The first-order valence-electron chi connectivity index (χ1n) is 20.4. The number of imidazole rings is 1. The van der Waals surface area contributed by atoms with Gasteiger partial charge in [-0.15, -0.1) is 35.4 Å². The zero-order valence-electron chi connectivity index (χ0n) is 35.9. The fraction of sp³-hybridized carbons (Fsp3) is 0.102. The molecule has 267 valence electrons. The molecule has 6 aromatic carbocycles. The summed E-state index contributed by atoms with van der Waals surface area (Å²) in [5.74, 6) is 0.817. The molecule has 5 heteroatoms. The summed E-state index contributed by atoms with van der Waals surface area (Å²) in [6.07, 6.45) is 4.50. The van der Waals surface area contributed by atoms with Gasteiger partial charge < -0.3 is 14.0 Å². The van der Waals surface area contributed by atoms with Crippen molar-refractivity contribution in [2.75, 3.05) is 0 Å². The average Bonchev–Trinajstić information content (AvgIpc) is 3.82. The van der Waals surface area contributed by atoms with E-state index in [-0.39, 0.29) is 31.2 Å². The Morgan fingerprint density at radius 1 is 0.667 bits per heavy atom. The standard InChI is InChI=1S/C36H27N2O.C13H12N.Ir/c1-23-19-24(2)35(25(3)20-23)28-15-18-34-30(21-28)31(22-39-34)36-37-32-11-7-8-12-33(32)38(36)29-16-13-27(14-17-29)26-9-5-4-6-10-26;1-10-3-6-12(7-4-10)13-8-5-11(2)9-14-13;/h4-21H,1-3H3;3-6,8-9H,1-2H3;/q2*-1;/i;1D3,2D3;. The van der Waals surface area contributed by atoms with E-state index in [2.05, 4.69) is 134 Å². The van der Waals surface area contributed by atoms with E-state index in [9.17, 15) is 0 Å². The van der Waals surface area contributed by atoms with Crippen LogP contribution >= 0.6 is 0 Å². The normalized spacial score (nSPS) is 13.0. The molecule has 9 aromatic rings. The largest absolute Gasteiger partial charge is 0.557 e. The van der Waals surface area contributed by atoms with Crippen LogP contribution in [0.1, 0.15) is 36.0 Å². The maximum Gasteiger partial charge on any atom is 0.0774 e. The van der Waals surface area contributed by atoms with Gasteiger partial charge in [-0.05, 0) is 96.5 Å². The van der Waals surface area contributed by atoms with Crippen molar-refractivity contribution in [1.29, 1.82) is 0 Å². The van der Waals surface area contributed by atoms with Crippen LogP contribution in [-0.2, 0) is 20.1 Å². The minimum absolute atomic E-state index is 0. The molecular weight excluding hydrogens is 839 g/mol. The maximum absolute atomic E-state index is 7.28. The zero-order valence-corrected chi connectivity index (χ0v) is 32.3. The van der Waals surface area contributed by atoms with Crippen molar-refractivity contribution in [2.45, 2.75) is 34.5 Å². The van der Waals surface area contributed by atoms with Crippen LogP contribution in [0.25, 0.3) is 72.6 Å². The molecule has 1 radical (unpaired) electrons. The van der Waals surface area contributed by atoms with Gasteiger partial charge in [-0.1, -0.05) is 120 Å². The molecule has 0 saturated carbocycles. The van der Waals surface area contributed by atoms with Gasteiger partial charge in [0.1, 0.15) is 0 Å². The van der Waals surface area contributed by atoms with E-state index in [4.69, 9.17) is 17.6 Å².